The maximum atomic E-state index is 13.3. The minimum atomic E-state index is -4.62. The number of carbonyl (C=O) groups is 2. The number of anilines is 1. The zero-order valence-corrected chi connectivity index (χ0v) is 18.6. The Labute approximate surface area is 196 Å². The number of hydrogen-bond acceptors (Lipinski definition) is 7. The van der Waals surface area contributed by atoms with Crippen molar-refractivity contribution in [2.24, 2.45) is 0 Å². The highest BCUT2D eigenvalue weighted by atomic mass is 19.4. The summed E-state index contributed by atoms with van der Waals surface area (Å²) < 4.78 is 41.2. The average molecular weight is 487 g/mol. The van der Waals surface area contributed by atoms with Crippen LogP contribution in [0.3, 0.4) is 0 Å². The number of aliphatic hydroxyl groups is 1. The Kier molecular flexibility index (Phi) is 6.35. The lowest BCUT2D eigenvalue weighted by Crippen LogP contribution is -2.21. The number of alkyl halides is 3. The fraction of sp³-hybridized carbons (Fsp3) is 0.273. The van der Waals surface area contributed by atoms with Crippen LogP contribution in [-0.2, 0) is 17.5 Å². The Hall–Kier alpha value is -4.13. The highest BCUT2D eigenvalue weighted by Gasteiger charge is 2.34. The van der Waals surface area contributed by atoms with Gasteiger partial charge in [-0.05, 0) is 26.0 Å². The molecule has 0 saturated heterocycles. The number of pyridine rings is 1. The molecule has 0 bridgehead atoms. The molecule has 0 saturated carbocycles. The standard InChI is InChI=1S/C22H20F3N7O3/c1-12-3-18(22(23,24)25)30-32(12)9-19(34)29-15-4-14(5-26-6-15)20(35)17-8-31(13(2)10-33)21-16(17)7-27-11-28-21/h3-8,11,13,33H,9-10H2,1-2H3,(H,29,34). The van der Waals surface area contributed by atoms with E-state index in [9.17, 15) is 27.9 Å². The zero-order valence-electron chi connectivity index (χ0n) is 18.6. The van der Waals surface area contributed by atoms with Crippen LogP contribution in [0.4, 0.5) is 18.9 Å². The number of amides is 1. The monoisotopic (exact) mass is 487 g/mol. The highest BCUT2D eigenvalue weighted by molar-refractivity contribution is 6.16. The molecule has 4 rings (SSSR count). The summed E-state index contributed by atoms with van der Waals surface area (Å²) in [6, 6.07) is 1.93. The number of nitrogens with zero attached hydrogens (tertiary/aromatic N) is 6. The summed E-state index contributed by atoms with van der Waals surface area (Å²) in [7, 11) is 0. The summed E-state index contributed by atoms with van der Waals surface area (Å²) in [5, 5.41) is 16.0. The predicted molar refractivity (Wildman–Crippen MR) is 118 cm³/mol. The number of rotatable bonds is 7. The van der Waals surface area contributed by atoms with Crippen molar-refractivity contribution in [1.29, 1.82) is 0 Å². The quantitative estimate of drug-likeness (QED) is 0.384. The van der Waals surface area contributed by atoms with Crippen molar-refractivity contribution < 1.29 is 27.9 Å². The van der Waals surface area contributed by atoms with Crippen LogP contribution in [0.5, 0.6) is 0 Å². The first kappa shape index (κ1) is 24.0. The summed E-state index contributed by atoms with van der Waals surface area (Å²) >= 11 is 0. The van der Waals surface area contributed by atoms with E-state index >= 15 is 0 Å². The zero-order chi connectivity index (χ0) is 25.3. The summed E-state index contributed by atoms with van der Waals surface area (Å²) in [4.78, 5) is 37.9. The molecular weight excluding hydrogens is 467 g/mol. The van der Waals surface area contributed by atoms with Gasteiger partial charge in [0.1, 0.15) is 18.5 Å². The van der Waals surface area contributed by atoms with E-state index in [-0.39, 0.29) is 35.2 Å². The molecule has 4 aromatic heterocycles. The molecule has 2 N–H and O–H groups in total. The van der Waals surface area contributed by atoms with Crippen molar-refractivity contribution in [2.75, 3.05) is 11.9 Å². The van der Waals surface area contributed by atoms with E-state index in [0.717, 1.165) is 10.7 Å². The van der Waals surface area contributed by atoms with Gasteiger partial charge in [-0.15, -0.1) is 0 Å². The number of aryl methyl sites for hydroxylation is 1. The van der Waals surface area contributed by atoms with E-state index < -0.39 is 30.1 Å². The Morgan fingerprint density at radius 2 is 1.94 bits per heavy atom. The maximum absolute atomic E-state index is 13.3. The molecule has 0 spiro atoms. The molecule has 1 amide bonds. The lowest BCUT2D eigenvalue weighted by molar-refractivity contribution is -0.141. The van der Waals surface area contributed by atoms with Crippen LogP contribution >= 0.6 is 0 Å². The summed E-state index contributed by atoms with van der Waals surface area (Å²) in [5.41, 5.74) is 0.205. The molecule has 182 valence electrons. The van der Waals surface area contributed by atoms with Gasteiger partial charge in [-0.1, -0.05) is 0 Å². The second kappa shape index (κ2) is 9.25. The minimum Gasteiger partial charge on any atom is -0.394 e. The molecule has 0 aliphatic carbocycles. The molecule has 13 heteroatoms. The van der Waals surface area contributed by atoms with Crippen molar-refractivity contribution in [3.8, 4) is 0 Å². The highest BCUT2D eigenvalue weighted by Crippen LogP contribution is 2.28. The van der Waals surface area contributed by atoms with Crippen LogP contribution in [0.2, 0.25) is 0 Å². The van der Waals surface area contributed by atoms with Crippen molar-refractivity contribution in [3.05, 3.63) is 65.8 Å². The SMILES string of the molecule is Cc1cc(C(F)(F)F)nn1CC(=O)Nc1cncc(C(=O)c2cn(C(C)CO)c3ncncc23)c1. The number of carbonyl (C=O) groups excluding carboxylic acids is 2. The van der Waals surface area contributed by atoms with Crippen LogP contribution < -0.4 is 5.32 Å². The first-order valence-electron chi connectivity index (χ1n) is 10.4. The van der Waals surface area contributed by atoms with Gasteiger partial charge in [-0.3, -0.25) is 19.3 Å². The molecule has 4 aromatic rings. The third kappa shape index (κ3) is 4.89. The third-order valence-electron chi connectivity index (χ3n) is 5.33. The Morgan fingerprint density at radius 3 is 2.63 bits per heavy atom. The molecular formula is C22H20F3N7O3. The van der Waals surface area contributed by atoms with Gasteiger partial charge in [0, 0.05) is 35.2 Å². The van der Waals surface area contributed by atoms with Gasteiger partial charge in [-0.2, -0.15) is 18.3 Å². The summed E-state index contributed by atoms with van der Waals surface area (Å²) in [6.45, 7) is 2.56. The van der Waals surface area contributed by atoms with E-state index in [2.05, 4.69) is 25.4 Å². The smallest absolute Gasteiger partial charge is 0.394 e. The Morgan fingerprint density at radius 1 is 1.17 bits per heavy atom. The fourth-order valence-corrected chi connectivity index (χ4v) is 3.53. The molecule has 1 unspecified atom stereocenters. The second-order valence-corrected chi connectivity index (χ2v) is 7.91. The van der Waals surface area contributed by atoms with Crippen molar-refractivity contribution in [1.82, 2.24) is 29.3 Å². The van der Waals surface area contributed by atoms with E-state index in [1.807, 2.05) is 0 Å². The molecule has 0 fully saturated rings. The number of ketones is 1. The number of aromatic nitrogens is 6. The molecule has 4 heterocycles. The minimum absolute atomic E-state index is 0.162. The largest absolute Gasteiger partial charge is 0.435 e. The van der Waals surface area contributed by atoms with Crippen LogP contribution in [0.15, 0.2) is 43.2 Å². The van der Waals surface area contributed by atoms with Crippen molar-refractivity contribution in [3.63, 3.8) is 0 Å². The second-order valence-electron chi connectivity index (χ2n) is 7.91. The molecule has 35 heavy (non-hydrogen) atoms. The van der Waals surface area contributed by atoms with Crippen molar-refractivity contribution in [2.45, 2.75) is 32.6 Å². The van der Waals surface area contributed by atoms with Crippen LogP contribution in [0.1, 0.15) is 40.3 Å². The first-order valence-corrected chi connectivity index (χ1v) is 10.4. The fourth-order valence-electron chi connectivity index (χ4n) is 3.53. The normalized spacial score (nSPS) is 12.6. The van der Waals surface area contributed by atoms with Gasteiger partial charge in [0.2, 0.25) is 5.91 Å². The van der Waals surface area contributed by atoms with Gasteiger partial charge < -0.3 is 15.0 Å². The Balaban J connectivity index is 1.56. The average Bonchev–Trinajstić information content (AvgIpc) is 3.39. The summed E-state index contributed by atoms with van der Waals surface area (Å²) in [5.74, 6) is -1.05. The number of hydrogen-bond donors (Lipinski definition) is 2. The number of aliphatic hydroxyl groups excluding tert-OH is 1. The first-order chi connectivity index (χ1) is 16.6. The molecule has 1 atom stereocenters. The van der Waals surface area contributed by atoms with Crippen LogP contribution in [-0.4, -0.2) is 52.7 Å². The van der Waals surface area contributed by atoms with E-state index in [1.54, 1.807) is 17.7 Å². The van der Waals surface area contributed by atoms with Gasteiger partial charge in [-0.25, -0.2) is 9.97 Å². The van der Waals surface area contributed by atoms with E-state index in [0.29, 0.717) is 11.0 Å². The summed E-state index contributed by atoms with van der Waals surface area (Å²) in [6.07, 6.45) is 2.44. The Bertz CT molecular complexity index is 1410. The van der Waals surface area contributed by atoms with Crippen LogP contribution in [0, 0.1) is 6.92 Å². The molecule has 0 aromatic carbocycles. The van der Waals surface area contributed by atoms with Gasteiger partial charge in [0.05, 0.1) is 30.1 Å². The van der Waals surface area contributed by atoms with Crippen LogP contribution in [0.25, 0.3) is 11.0 Å². The number of fused-ring (bicyclic) bond motifs is 1. The van der Waals surface area contributed by atoms with Gasteiger partial charge in [0.25, 0.3) is 0 Å². The number of nitrogens with one attached hydrogen (secondary N) is 1. The lowest BCUT2D eigenvalue weighted by atomic mass is 10.1. The molecule has 0 aliphatic rings. The molecule has 10 nitrogen and oxygen atoms in total. The lowest BCUT2D eigenvalue weighted by Gasteiger charge is -2.10. The van der Waals surface area contributed by atoms with Gasteiger partial charge >= 0.3 is 6.18 Å². The van der Waals surface area contributed by atoms with Gasteiger partial charge in [0.15, 0.2) is 11.5 Å². The van der Waals surface area contributed by atoms with E-state index in [4.69, 9.17) is 0 Å². The number of halogens is 3. The predicted octanol–water partition coefficient (Wildman–Crippen LogP) is 2.77. The third-order valence-corrected chi connectivity index (χ3v) is 5.33. The van der Waals surface area contributed by atoms with E-state index in [1.165, 1.54) is 37.9 Å². The topological polar surface area (TPSA) is 128 Å². The van der Waals surface area contributed by atoms with Crippen molar-refractivity contribution >= 4 is 28.4 Å². The maximum Gasteiger partial charge on any atom is 0.435 e. The molecule has 0 radical (unpaired) electrons. The molecule has 0 aliphatic heterocycles.